The van der Waals surface area contributed by atoms with Gasteiger partial charge < -0.3 is 15.8 Å². The van der Waals surface area contributed by atoms with Crippen molar-refractivity contribution < 1.29 is 9.53 Å². The summed E-state index contributed by atoms with van der Waals surface area (Å²) in [6.07, 6.45) is 5.17. The average molecular weight is 257 g/mol. The van der Waals surface area contributed by atoms with Crippen LogP contribution in [0.4, 0.5) is 0 Å². The molecule has 1 amide bonds. The van der Waals surface area contributed by atoms with Gasteiger partial charge in [-0.1, -0.05) is 24.6 Å². The first kappa shape index (κ1) is 12.7. The molecule has 6 heteroatoms. The van der Waals surface area contributed by atoms with E-state index in [-0.39, 0.29) is 6.61 Å². The van der Waals surface area contributed by atoms with Gasteiger partial charge >= 0.3 is 0 Å². The van der Waals surface area contributed by atoms with Gasteiger partial charge in [-0.3, -0.25) is 9.79 Å². The largest absolute Gasteiger partial charge is 0.370 e. The van der Waals surface area contributed by atoms with Gasteiger partial charge in [0.1, 0.15) is 6.61 Å². The highest BCUT2D eigenvalue weighted by molar-refractivity contribution is 8.14. The van der Waals surface area contributed by atoms with Gasteiger partial charge in [0.25, 0.3) is 0 Å². The Morgan fingerprint density at radius 3 is 3.00 bits per heavy atom. The minimum Gasteiger partial charge on any atom is -0.370 e. The molecule has 0 aromatic heterocycles. The molecule has 0 aromatic rings. The Kier molecular flexibility index (Phi) is 4.28. The fourth-order valence-electron chi connectivity index (χ4n) is 2.30. The van der Waals surface area contributed by atoms with Crippen LogP contribution in [0.2, 0.25) is 0 Å². The fourth-order valence-corrected chi connectivity index (χ4v) is 3.54. The molecule has 1 aliphatic heterocycles. The standard InChI is InChI=1S/C11H19N3O2S/c12-9(15)7-16-6-5-13-10-14-11(8-17-10)3-1-2-4-11/h1-8H2,(H2,12,15)(H,13,14). The number of nitrogens with one attached hydrogen (secondary N) is 1. The number of nitrogens with two attached hydrogens (primary N) is 1. The molecule has 0 unspecified atom stereocenters. The van der Waals surface area contributed by atoms with Crippen molar-refractivity contribution in [2.75, 3.05) is 25.5 Å². The van der Waals surface area contributed by atoms with E-state index in [0.29, 0.717) is 18.7 Å². The molecular weight excluding hydrogens is 238 g/mol. The monoisotopic (exact) mass is 257 g/mol. The molecule has 3 N–H and O–H groups in total. The van der Waals surface area contributed by atoms with Crippen LogP contribution in [0.5, 0.6) is 0 Å². The van der Waals surface area contributed by atoms with Gasteiger partial charge in [-0.25, -0.2) is 0 Å². The number of aliphatic imine (C=N–C) groups is 1. The number of amidine groups is 1. The number of primary amides is 1. The maximum atomic E-state index is 10.4. The molecule has 2 rings (SSSR count). The van der Waals surface area contributed by atoms with Crippen molar-refractivity contribution in [3.63, 3.8) is 0 Å². The maximum Gasteiger partial charge on any atom is 0.243 e. The molecule has 1 spiro atoms. The van der Waals surface area contributed by atoms with Crippen molar-refractivity contribution in [2.45, 2.75) is 31.2 Å². The smallest absolute Gasteiger partial charge is 0.243 e. The molecule has 1 saturated heterocycles. The number of ether oxygens (including phenoxy) is 1. The van der Waals surface area contributed by atoms with Crippen molar-refractivity contribution in [3.05, 3.63) is 0 Å². The first-order chi connectivity index (χ1) is 8.20. The summed E-state index contributed by atoms with van der Waals surface area (Å²) in [5.41, 5.74) is 5.28. The summed E-state index contributed by atoms with van der Waals surface area (Å²) in [5, 5.41) is 4.55. The Bertz CT molecular complexity index is 314. The van der Waals surface area contributed by atoms with Crippen molar-refractivity contribution >= 4 is 22.8 Å². The highest BCUT2D eigenvalue weighted by Gasteiger charge is 2.39. The minimum atomic E-state index is -0.434. The van der Waals surface area contributed by atoms with E-state index < -0.39 is 5.91 Å². The number of hydrogen-bond acceptors (Lipinski definition) is 4. The summed E-state index contributed by atoms with van der Waals surface area (Å²) in [7, 11) is 0. The molecule has 0 bridgehead atoms. The average Bonchev–Trinajstić information content (AvgIpc) is 2.89. The van der Waals surface area contributed by atoms with Crippen molar-refractivity contribution in [1.82, 2.24) is 5.32 Å². The molecule has 5 nitrogen and oxygen atoms in total. The van der Waals surface area contributed by atoms with Crippen molar-refractivity contribution in [3.8, 4) is 0 Å². The molecule has 0 radical (unpaired) electrons. The summed E-state index contributed by atoms with van der Waals surface area (Å²) >= 11 is 1.79. The number of carbonyl (C=O) groups is 1. The topological polar surface area (TPSA) is 76.7 Å². The van der Waals surface area contributed by atoms with E-state index in [1.165, 1.54) is 25.7 Å². The fraction of sp³-hybridized carbons (Fsp3) is 0.818. The number of amides is 1. The Morgan fingerprint density at radius 2 is 2.29 bits per heavy atom. The molecule has 2 fully saturated rings. The predicted molar refractivity (Wildman–Crippen MR) is 69.1 cm³/mol. The van der Waals surface area contributed by atoms with Crippen LogP contribution >= 0.6 is 11.8 Å². The first-order valence-corrected chi connectivity index (χ1v) is 7.00. The SMILES string of the molecule is NC(=O)COCCN=C1NC2(CCCC2)CS1. The molecule has 17 heavy (non-hydrogen) atoms. The summed E-state index contributed by atoms with van der Waals surface area (Å²) in [5.74, 6) is 0.699. The Hall–Kier alpha value is -0.750. The lowest BCUT2D eigenvalue weighted by Gasteiger charge is -2.21. The second-order valence-corrected chi connectivity index (χ2v) is 5.57. The summed E-state index contributed by atoms with van der Waals surface area (Å²) in [6, 6.07) is 0. The first-order valence-electron chi connectivity index (χ1n) is 6.02. The van der Waals surface area contributed by atoms with E-state index in [2.05, 4.69) is 10.3 Å². The maximum absolute atomic E-state index is 10.4. The number of carbonyl (C=O) groups excluding carboxylic acids is 1. The second-order valence-electron chi connectivity index (χ2n) is 4.61. The van der Waals surface area contributed by atoms with E-state index in [9.17, 15) is 4.79 Å². The third-order valence-electron chi connectivity index (χ3n) is 3.15. The number of hydrogen-bond donors (Lipinski definition) is 2. The van der Waals surface area contributed by atoms with Crippen LogP contribution in [0.15, 0.2) is 4.99 Å². The van der Waals surface area contributed by atoms with E-state index in [1.807, 2.05) is 0 Å². The van der Waals surface area contributed by atoms with Crippen LogP contribution in [-0.2, 0) is 9.53 Å². The van der Waals surface area contributed by atoms with Crippen LogP contribution in [0, 0.1) is 0 Å². The minimum absolute atomic E-state index is 0.0185. The van der Waals surface area contributed by atoms with Gasteiger partial charge in [0.2, 0.25) is 5.91 Å². The predicted octanol–water partition coefficient (Wildman–Crippen LogP) is 0.493. The van der Waals surface area contributed by atoms with Crippen molar-refractivity contribution in [2.24, 2.45) is 10.7 Å². The highest BCUT2D eigenvalue weighted by Crippen LogP contribution is 2.37. The summed E-state index contributed by atoms with van der Waals surface area (Å²) < 4.78 is 5.05. The lowest BCUT2D eigenvalue weighted by molar-refractivity contribution is -0.122. The summed E-state index contributed by atoms with van der Waals surface area (Å²) in [4.78, 5) is 14.9. The molecule has 1 saturated carbocycles. The van der Waals surface area contributed by atoms with Gasteiger partial charge in [0.05, 0.1) is 13.2 Å². The van der Waals surface area contributed by atoms with Gasteiger partial charge in [-0.05, 0) is 12.8 Å². The lowest BCUT2D eigenvalue weighted by Crippen LogP contribution is -2.40. The van der Waals surface area contributed by atoms with E-state index >= 15 is 0 Å². The Morgan fingerprint density at radius 1 is 1.53 bits per heavy atom. The molecule has 1 aliphatic carbocycles. The number of nitrogens with zero attached hydrogens (tertiary/aromatic N) is 1. The van der Waals surface area contributed by atoms with E-state index in [0.717, 1.165) is 10.9 Å². The zero-order valence-electron chi connectivity index (χ0n) is 9.91. The van der Waals surface area contributed by atoms with Gasteiger partial charge in [0, 0.05) is 11.3 Å². The Labute approximate surface area is 106 Å². The third kappa shape index (κ3) is 3.61. The molecule has 0 aromatic carbocycles. The molecule has 96 valence electrons. The van der Waals surface area contributed by atoms with Gasteiger partial charge in [-0.2, -0.15) is 0 Å². The van der Waals surface area contributed by atoms with Crippen LogP contribution in [0.3, 0.4) is 0 Å². The molecule has 1 heterocycles. The van der Waals surface area contributed by atoms with Crippen LogP contribution in [-0.4, -0.2) is 42.1 Å². The third-order valence-corrected chi connectivity index (χ3v) is 4.35. The molecular formula is C11H19N3O2S. The van der Waals surface area contributed by atoms with Gasteiger partial charge in [-0.15, -0.1) is 0 Å². The number of rotatable bonds is 5. The van der Waals surface area contributed by atoms with E-state index in [1.54, 1.807) is 11.8 Å². The quantitative estimate of drug-likeness (QED) is 0.703. The lowest BCUT2D eigenvalue weighted by atomic mass is 10.0. The van der Waals surface area contributed by atoms with Crippen molar-refractivity contribution in [1.29, 1.82) is 0 Å². The van der Waals surface area contributed by atoms with Crippen LogP contribution < -0.4 is 11.1 Å². The highest BCUT2D eigenvalue weighted by atomic mass is 32.2. The van der Waals surface area contributed by atoms with Crippen LogP contribution in [0.1, 0.15) is 25.7 Å². The number of thioether (sulfide) groups is 1. The second kappa shape index (κ2) is 5.73. The Balaban J connectivity index is 1.67. The molecule has 0 atom stereocenters. The van der Waals surface area contributed by atoms with Gasteiger partial charge in [0.15, 0.2) is 5.17 Å². The normalized spacial score (nSPS) is 24.4. The summed E-state index contributed by atoms with van der Waals surface area (Å²) in [6.45, 7) is 1.01. The zero-order valence-corrected chi connectivity index (χ0v) is 10.7. The molecule has 2 aliphatic rings. The zero-order chi connectivity index (χ0) is 12.1. The van der Waals surface area contributed by atoms with Crippen LogP contribution in [0.25, 0.3) is 0 Å². The van der Waals surface area contributed by atoms with E-state index in [4.69, 9.17) is 10.5 Å².